The zero-order chi connectivity index (χ0) is 14.7. The zero-order valence-electron chi connectivity index (χ0n) is 10.7. The molecule has 0 unspecified atom stereocenters. The van der Waals surface area contributed by atoms with E-state index in [-0.39, 0.29) is 5.91 Å². The summed E-state index contributed by atoms with van der Waals surface area (Å²) < 4.78 is 1.73. The number of hydrazine groups is 1. The fourth-order valence-electron chi connectivity index (χ4n) is 1.75. The first-order chi connectivity index (χ1) is 9.51. The number of nitrogen functional groups attached to an aromatic ring is 1. The Balaban J connectivity index is 2.30. The Bertz CT molecular complexity index is 659. The number of nitrogens with one attached hydrogen (secondary N) is 2. The van der Waals surface area contributed by atoms with Crippen molar-refractivity contribution in [3.63, 3.8) is 0 Å². The van der Waals surface area contributed by atoms with Gasteiger partial charge in [-0.05, 0) is 53.2 Å². The van der Waals surface area contributed by atoms with Crippen molar-refractivity contribution in [2.45, 2.75) is 6.92 Å². The van der Waals surface area contributed by atoms with Crippen molar-refractivity contribution in [2.75, 3.05) is 10.7 Å². The Morgan fingerprint density at radius 2 is 1.80 bits per heavy atom. The summed E-state index contributed by atoms with van der Waals surface area (Å²) in [6, 6.07) is 11.0. The van der Waals surface area contributed by atoms with Gasteiger partial charge in [0.2, 0.25) is 0 Å². The molecule has 0 aliphatic carbocycles. The molecule has 1 amide bonds. The van der Waals surface area contributed by atoms with Crippen LogP contribution in [0.25, 0.3) is 0 Å². The Labute approximate surface area is 134 Å². The van der Waals surface area contributed by atoms with Crippen LogP contribution in [0.15, 0.2) is 45.3 Å². The minimum atomic E-state index is -0.218. The second-order valence-electron chi connectivity index (χ2n) is 4.27. The lowest BCUT2D eigenvalue weighted by Crippen LogP contribution is -2.17. The molecule has 4 nitrogen and oxygen atoms in total. The zero-order valence-corrected chi connectivity index (χ0v) is 13.9. The van der Waals surface area contributed by atoms with E-state index in [1.165, 1.54) is 0 Å². The predicted molar refractivity (Wildman–Crippen MR) is 88.8 cm³/mol. The number of carbonyl (C=O) groups excluding carboxylic acids is 1. The molecule has 0 bridgehead atoms. The molecule has 20 heavy (non-hydrogen) atoms. The third-order valence-corrected chi connectivity index (χ3v) is 3.90. The van der Waals surface area contributed by atoms with Gasteiger partial charge in [0.1, 0.15) is 0 Å². The van der Waals surface area contributed by atoms with E-state index in [2.05, 4.69) is 42.6 Å². The van der Waals surface area contributed by atoms with E-state index in [9.17, 15) is 4.79 Å². The maximum Gasteiger partial charge on any atom is 0.257 e. The summed E-state index contributed by atoms with van der Waals surface area (Å²) in [5.74, 6) is 5.22. The highest BCUT2D eigenvalue weighted by molar-refractivity contribution is 9.11. The van der Waals surface area contributed by atoms with E-state index in [4.69, 9.17) is 5.84 Å². The molecule has 4 N–H and O–H groups in total. The number of anilines is 2. The number of aryl methyl sites for hydroxylation is 1. The molecule has 0 aromatic heterocycles. The minimum absolute atomic E-state index is 0.218. The van der Waals surface area contributed by atoms with Gasteiger partial charge < -0.3 is 10.7 Å². The van der Waals surface area contributed by atoms with Gasteiger partial charge in [-0.3, -0.25) is 10.6 Å². The molecule has 0 heterocycles. The van der Waals surface area contributed by atoms with Gasteiger partial charge in [-0.1, -0.05) is 27.6 Å². The molecule has 0 aliphatic rings. The van der Waals surface area contributed by atoms with Crippen LogP contribution < -0.4 is 16.6 Å². The SMILES string of the molecule is Cc1ccc(NN)c(C(=O)Nc2ccc(Br)cc2Br)c1. The van der Waals surface area contributed by atoms with Crippen molar-refractivity contribution in [3.05, 3.63) is 56.5 Å². The maximum atomic E-state index is 12.3. The average molecular weight is 399 g/mol. The van der Waals surface area contributed by atoms with Crippen molar-refractivity contribution in [1.82, 2.24) is 0 Å². The number of amides is 1. The molecule has 6 heteroatoms. The van der Waals surface area contributed by atoms with Gasteiger partial charge in [0, 0.05) is 8.95 Å². The van der Waals surface area contributed by atoms with Gasteiger partial charge >= 0.3 is 0 Å². The highest BCUT2D eigenvalue weighted by Crippen LogP contribution is 2.27. The summed E-state index contributed by atoms with van der Waals surface area (Å²) in [5.41, 5.74) is 5.31. The lowest BCUT2D eigenvalue weighted by molar-refractivity contribution is 0.102. The van der Waals surface area contributed by atoms with Crippen LogP contribution in [0.2, 0.25) is 0 Å². The number of carbonyl (C=O) groups is 1. The molecule has 0 radical (unpaired) electrons. The molecule has 0 aliphatic heterocycles. The topological polar surface area (TPSA) is 67.1 Å². The number of benzene rings is 2. The van der Waals surface area contributed by atoms with E-state index in [1.54, 1.807) is 12.1 Å². The second-order valence-corrected chi connectivity index (χ2v) is 6.04. The number of rotatable bonds is 3. The molecule has 0 atom stereocenters. The average Bonchev–Trinajstić information content (AvgIpc) is 2.41. The molecule has 0 fully saturated rings. The third-order valence-electron chi connectivity index (χ3n) is 2.75. The van der Waals surface area contributed by atoms with Gasteiger partial charge in [0.15, 0.2) is 0 Å². The van der Waals surface area contributed by atoms with E-state index in [0.717, 1.165) is 14.5 Å². The summed E-state index contributed by atoms with van der Waals surface area (Å²) >= 11 is 6.78. The summed E-state index contributed by atoms with van der Waals surface area (Å²) in [6.07, 6.45) is 0. The van der Waals surface area contributed by atoms with E-state index in [1.807, 2.05) is 31.2 Å². The molecule has 0 saturated heterocycles. The van der Waals surface area contributed by atoms with Gasteiger partial charge in [0.25, 0.3) is 5.91 Å². The predicted octanol–water partition coefficient (Wildman–Crippen LogP) is 4.06. The molecule has 2 aromatic rings. The quantitative estimate of drug-likeness (QED) is 0.539. The number of hydrogen-bond donors (Lipinski definition) is 3. The summed E-state index contributed by atoms with van der Waals surface area (Å²) in [7, 11) is 0. The van der Waals surface area contributed by atoms with Gasteiger partial charge in [-0.2, -0.15) is 0 Å². The van der Waals surface area contributed by atoms with Gasteiger partial charge in [0.05, 0.1) is 16.9 Å². The fourth-order valence-corrected chi connectivity index (χ4v) is 2.90. The summed E-state index contributed by atoms with van der Waals surface area (Å²) in [6.45, 7) is 1.92. The van der Waals surface area contributed by atoms with Crippen LogP contribution in [0.1, 0.15) is 15.9 Å². The first-order valence-corrected chi connectivity index (χ1v) is 7.43. The lowest BCUT2D eigenvalue weighted by atomic mass is 10.1. The van der Waals surface area contributed by atoms with Crippen LogP contribution in [0.3, 0.4) is 0 Å². The number of nitrogens with two attached hydrogens (primary N) is 1. The van der Waals surface area contributed by atoms with Crippen molar-refractivity contribution in [2.24, 2.45) is 5.84 Å². The van der Waals surface area contributed by atoms with Crippen LogP contribution in [-0.2, 0) is 0 Å². The fraction of sp³-hybridized carbons (Fsp3) is 0.0714. The Kier molecular flexibility index (Phi) is 4.80. The van der Waals surface area contributed by atoms with E-state index in [0.29, 0.717) is 16.9 Å². The second kappa shape index (κ2) is 6.39. The largest absolute Gasteiger partial charge is 0.323 e. The smallest absolute Gasteiger partial charge is 0.257 e. The standard InChI is InChI=1S/C14H13Br2N3O/c1-8-2-4-12(19-17)10(6-8)14(20)18-13-5-3-9(15)7-11(13)16/h2-7,19H,17H2,1H3,(H,18,20). The van der Waals surface area contributed by atoms with Crippen molar-refractivity contribution >= 4 is 49.1 Å². The minimum Gasteiger partial charge on any atom is -0.323 e. The lowest BCUT2D eigenvalue weighted by Gasteiger charge is -2.12. The molecule has 2 rings (SSSR count). The normalized spacial score (nSPS) is 10.2. The first kappa shape index (κ1) is 15.0. The summed E-state index contributed by atoms with van der Waals surface area (Å²) in [4.78, 5) is 12.3. The highest BCUT2D eigenvalue weighted by Gasteiger charge is 2.13. The third kappa shape index (κ3) is 3.39. The van der Waals surface area contributed by atoms with E-state index < -0.39 is 0 Å². The van der Waals surface area contributed by atoms with Crippen LogP contribution in [-0.4, -0.2) is 5.91 Å². The van der Waals surface area contributed by atoms with Crippen molar-refractivity contribution in [1.29, 1.82) is 0 Å². The van der Waals surface area contributed by atoms with Crippen molar-refractivity contribution < 1.29 is 4.79 Å². The van der Waals surface area contributed by atoms with Crippen molar-refractivity contribution in [3.8, 4) is 0 Å². The van der Waals surface area contributed by atoms with Crippen LogP contribution in [0.4, 0.5) is 11.4 Å². The molecule has 2 aromatic carbocycles. The summed E-state index contributed by atoms with van der Waals surface area (Å²) in [5, 5.41) is 2.85. The molecular weight excluding hydrogens is 386 g/mol. The first-order valence-electron chi connectivity index (χ1n) is 5.85. The van der Waals surface area contributed by atoms with Gasteiger partial charge in [-0.25, -0.2) is 0 Å². The number of hydrogen-bond acceptors (Lipinski definition) is 3. The van der Waals surface area contributed by atoms with Crippen LogP contribution in [0.5, 0.6) is 0 Å². The molecule has 104 valence electrons. The van der Waals surface area contributed by atoms with Crippen LogP contribution in [0, 0.1) is 6.92 Å². The number of halogens is 2. The highest BCUT2D eigenvalue weighted by atomic mass is 79.9. The molecular formula is C14H13Br2N3O. The van der Waals surface area contributed by atoms with Gasteiger partial charge in [-0.15, -0.1) is 0 Å². The monoisotopic (exact) mass is 397 g/mol. The molecule has 0 saturated carbocycles. The Morgan fingerprint density at radius 1 is 1.10 bits per heavy atom. The van der Waals surface area contributed by atoms with Crippen LogP contribution >= 0.6 is 31.9 Å². The van der Waals surface area contributed by atoms with E-state index >= 15 is 0 Å². The maximum absolute atomic E-state index is 12.3. The molecule has 0 spiro atoms. The Morgan fingerprint density at radius 3 is 2.45 bits per heavy atom. The Hall–Kier alpha value is -1.37.